The van der Waals surface area contributed by atoms with Crippen LogP contribution in [0.1, 0.15) is 54.1 Å². The Balaban J connectivity index is 1.46. The molecule has 5 heterocycles. The highest BCUT2D eigenvalue weighted by atomic mass is 19.3. The van der Waals surface area contributed by atoms with Crippen LogP contribution in [0.25, 0.3) is 11.1 Å². The smallest absolute Gasteiger partial charge is 0.317 e. The highest BCUT2D eigenvalue weighted by Crippen LogP contribution is 2.43. The molecule has 0 saturated carbocycles. The van der Waals surface area contributed by atoms with Gasteiger partial charge in [-0.15, -0.1) is 0 Å². The van der Waals surface area contributed by atoms with E-state index in [4.69, 9.17) is 9.84 Å². The number of halogens is 2. The fraction of sp³-hybridized carbons (Fsp3) is 0.519. The summed E-state index contributed by atoms with van der Waals surface area (Å²) >= 11 is 0. The molecule has 3 aliphatic heterocycles. The average molecular weight is 526 g/mol. The molecule has 2 amide bonds. The van der Waals surface area contributed by atoms with Gasteiger partial charge in [-0.1, -0.05) is 0 Å². The second-order valence-electron chi connectivity index (χ2n) is 10.3. The minimum Gasteiger partial charge on any atom is -0.381 e. The Kier molecular flexibility index (Phi) is 6.55. The van der Waals surface area contributed by atoms with E-state index in [0.717, 1.165) is 54.0 Å². The standard InChI is InChI=1S/C27H33F2N7O2/c1-30-27(37)34-9-5-23-22(16-34)26(32-36(23)19-6-10-38-11-7-19)35-8-3-4-17-12-20(18-14-31-33(2)15-18)21(25(28)29)13-24(17)35/h12-15,19,25H,3-11,16H2,1-2H3,(H,30,37). The molecule has 0 radical (unpaired) electrons. The van der Waals surface area contributed by atoms with Gasteiger partial charge in [-0.2, -0.15) is 10.2 Å². The number of benzene rings is 1. The number of ether oxygens (including phenoxy) is 1. The second kappa shape index (κ2) is 10.0. The third-order valence-corrected chi connectivity index (χ3v) is 7.98. The van der Waals surface area contributed by atoms with E-state index in [1.165, 1.54) is 0 Å². The Morgan fingerprint density at radius 3 is 2.71 bits per heavy atom. The molecule has 2 aromatic heterocycles. The molecule has 1 N–H and O–H groups in total. The Morgan fingerprint density at radius 2 is 2.00 bits per heavy atom. The van der Waals surface area contributed by atoms with Crippen molar-refractivity contribution in [2.75, 3.05) is 38.3 Å². The first-order valence-electron chi connectivity index (χ1n) is 13.3. The van der Waals surface area contributed by atoms with Gasteiger partial charge in [0.25, 0.3) is 6.43 Å². The number of aromatic nitrogens is 4. The zero-order chi connectivity index (χ0) is 26.4. The van der Waals surface area contributed by atoms with Crippen LogP contribution in [0.15, 0.2) is 24.5 Å². The van der Waals surface area contributed by atoms with Crippen molar-refractivity contribution >= 4 is 17.5 Å². The van der Waals surface area contributed by atoms with Gasteiger partial charge in [0.2, 0.25) is 0 Å². The Hall–Kier alpha value is -3.47. The van der Waals surface area contributed by atoms with Crippen molar-refractivity contribution in [3.8, 4) is 11.1 Å². The van der Waals surface area contributed by atoms with Crippen LogP contribution >= 0.6 is 0 Å². The number of urea groups is 1. The van der Waals surface area contributed by atoms with Crippen LogP contribution in [0, 0.1) is 0 Å². The van der Waals surface area contributed by atoms with Gasteiger partial charge in [0.05, 0.1) is 18.8 Å². The minimum absolute atomic E-state index is 0.00614. The first kappa shape index (κ1) is 24.8. The molecule has 202 valence electrons. The van der Waals surface area contributed by atoms with Crippen LogP contribution < -0.4 is 10.2 Å². The fourth-order valence-corrected chi connectivity index (χ4v) is 6.07. The van der Waals surface area contributed by atoms with E-state index in [9.17, 15) is 13.6 Å². The Morgan fingerprint density at radius 1 is 1.18 bits per heavy atom. The van der Waals surface area contributed by atoms with Crippen LogP contribution in [-0.2, 0) is 31.2 Å². The molecule has 0 bridgehead atoms. The van der Waals surface area contributed by atoms with Crippen LogP contribution in [0.5, 0.6) is 0 Å². The van der Waals surface area contributed by atoms with Gasteiger partial charge in [0.1, 0.15) is 0 Å². The van der Waals surface area contributed by atoms with Crippen molar-refractivity contribution in [2.24, 2.45) is 7.05 Å². The molecular weight excluding hydrogens is 492 g/mol. The molecule has 0 aliphatic carbocycles. The van der Waals surface area contributed by atoms with Crippen molar-refractivity contribution in [2.45, 2.75) is 51.1 Å². The van der Waals surface area contributed by atoms with Gasteiger partial charge in [-0.05, 0) is 48.9 Å². The highest BCUT2D eigenvalue weighted by molar-refractivity contribution is 5.78. The van der Waals surface area contributed by atoms with Crippen molar-refractivity contribution < 1.29 is 18.3 Å². The largest absolute Gasteiger partial charge is 0.381 e. The van der Waals surface area contributed by atoms with E-state index in [2.05, 4.69) is 20.0 Å². The number of nitrogens with zero attached hydrogens (tertiary/aromatic N) is 6. The summed E-state index contributed by atoms with van der Waals surface area (Å²) in [5.41, 5.74) is 5.14. The third-order valence-electron chi connectivity index (χ3n) is 7.98. The summed E-state index contributed by atoms with van der Waals surface area (Å²) in [6.07, 6.45) is 4.93. The zero-order valence-electron chi connectivity index (χ0n) is 21.8. The maximum absolute atomic E-state index is 14.4. The Labute approximate surface area is 220 Å². The number of fused-ring (bicyclic) bond motifs is 2. The molecule has 9 nitrogen and oxygen atoms in total. The first-order chi connectivity index (χ1) is 18.4. The van der Waals surface area contributed by atoms with Gasteiger partial charge in [-0.3, -0.25) is 9.36 Å². The van der Waals surface area contributed by atoms with Crippen molar-refractivity contribution in [1.29, 1.82) is 0 Å². The molecule has 11 heteroatoms. The number of hydrogen-bond acceptors (Lipinski definition) is 5. The quantitative estimate of drug-likeness (QED) is 0.548. The molecule has 6 rings (SSSR count). The lowest BCUT2D eigenvalue weighted by molar-refractivity contribution is 0.0651. The van der Waals surface area contributed by atoms with E-state index in [1.807, 2.05) is 6.07 Å². The zero-order valence-corrected chi connectivity index (χ0v) is 21.8. The number of rotatable bonds is 4. The maximum atomic E-state index is 14.4. The van der Waals surface area contributed by atoms with Gasteiger partial charge >= 0.3 is 6.03 Å². The molecule has 3 aliphatic rings. The number of amides is 2. The van der Waals surface area contributed by atoms with Gasteiger partial charge in [0, 0.05) is 81.1 Å². The minimum atomic E-state index is -2.63. The van der Waals surface area contributed by atoms with Crippen LogP contribution in [0.2, 0.25) is 0 Å². The highest BCUT2D eigenvalue weighted by Gasteiger charge is 2.34. The number of nitrogens with one attached hydrogen (secondary N) is 1. The summed E-state index contributed by atoms with van der Waals surface area (Å²) in [7, 11) is 3.42. The number of hydrogen-bond donors (Lipinski definition) is 1. The maximum Gasteiger partial charge on any atom is 0.317 e. The molecule has 1 fully saturated rings. The number of aryl methyl sites for hydroxylation is 2. The van der Waals surface area contributed by atoms with Crippen molar-refractivity contribution in [3.05, 3.63) is 46.9 Å². The van der Waals surface area contributed by atoms with Crippen LogP contribution in [0.4, 0.5) is 25.1 Å². The summed E-state index contributed by atoms with van der Waals surface area (Å²) in [5.74, 6) is 0.774. The van der Waals surface area contributed by atoms with E-state index in [-0.39, 0.29) is 17.6 Å². The summed E-state index contributed by atoms with van der Waals surface area (Å²) in [6.45, 7) is 3.12. The lowest BCUT2D eigenvalue weighted by Crippen LogP contribution is -2.42. The van der Waals surface area contributed by atoms with Gasteiger partial charge < -0.3 is 19.9 Å². The predicted octanol–water partition coefficient (Wildman–Crippen LogP) is 4.35. The average Bonchev–Trinajstić information content (AvgIpc) is 3.55. The monoisotopic (exact) mass is 525 g/mol. The summed E-state index contributed by atoms with van der Waals surface area (Å²) in [5, 5.41) is 12.1. The molecule has 0 spiro atoms. The molecular formula is C27H33F2N7O2. The molecule has 0 atom stereocenters. The normalized spacial score (nSPS) is 18.0. The third kappa shape index (κ3) is 4.32. The van der Waals surface area contributed by atoms with Crippen molar-refractivity contribution in [1.82, 2.24) is 29.8 Å². The van der Waals surface area contributed by atoms with Crippen molar-refractivity contribution in [3.63, 3.8) is 0 Å². The molecule has 38 heavy (non-hydrogen) atoms. The molecule has 0 unspecified atom stereocenters. The number of carbonyl (C=O) groups excluding carboxylic acids is 1. The van der Waals surface area contributed by atoms with Gasteiger partial charge in [0.15, 0.2) is 5.82 Å². The van der Waals surface area contributed by atoms with E-state index < -0.39 is 6.43 Å². The summed E-state index contributed by atoms with van der Waals surface area (Å²) in [6, 6.07) is 3.65. The number of alkyl halides is 2. The number of carbonyl (C=O) groups is 1. The topological polar surface area (TPSA) is 80.5 Å². The van der Waals surface area contributed by atoms with Crippen LogP contribution in [0.3, 0.4) is 0 Å². The Bertz CT molecular complexity index is 1350. The fourth-order valence-electron chi connectivity index (χ4n) is 6.07. The predicted molar refractivity (Wildman–Crippen MR) is 139 cm³/mol. The SMILES string of the molecule is CNC(=O)N1CCc2c(c(N3CCCc4cc(-c5cnn(C)c5)c(C(F)F)cc43)nn2C2CCOCC2)C1. The van der Waals surface area contributed by atoms with E-state index in [0.29, 0.717) is 50.4 Å². The summed E-state index contributed by atoms with van der Waals surface area (Å²) in [4.78, 5) is 16.4. The first-order valence-corrected chi connectivity index (χ1v) is 13.3. The van der Waals surface area contributed by atoms with E-state index in [1.54, 1.807) is 42.1 Å². The lowest BCUT2D eigenvalue weighted by Gasteiger charge is -2.33. The molecule has 3 aromatic rings. The second-order valence-corrected chi connectivity index (χ2v) is 10.3. The van der Waals surface area contributed by atoms with Crippen LogP contribution in [-0.4, -0.2) is 63.8 Å². The molecule has 1 aromatic carbocycles. The number of anilines is 2. The van der Waals surface area contributed by atoms with Gasteiger partial charge in [-0.25, -0.2) is 13.6 Å². The molecule has 1 saturated heterocycles. The lowest BCUT2D eigenvalue weighted by atomic mass is 9.92. The summed E-state index contributed by atoms with van der Waals surface area (Å²) < 4.78 is 38.1. The van der Waals surface area contributed by atoms with E-state index >= 15 is 0 Å².